The Morgan fingerprint density at radius 1 is 1.17 bits per heavy atom. The van der Waals surface area contributed by atoms with E-state index >= 15 is 0 Å². The van der Waals surface area contributed by atoms with Crippen LogP contribution < -0.4 is 0 Å². The Kier molecular flexibility index (Phi) is 4.22. The standard InChI is InChI=1S/C19H17N3O/c1-14-4-2-3-5-18(14)19-8-15(6-7-16(19)9-20)11-22-13-21-10-17(22)12-23/h2-8,10,13,23H,11-12H2,1H3. The largest absolute Gasteiger partial charge is 0.390 e. The molecular formula is C19H17N3O. The lowest BCUT2D eigenvalue weighted by atomic mass is 9.94. The highest BCUT2D eigenvalue weighted by atomic mass is 16.3. The highest BCUT2D eigenvalue weighted by molar-refractivity contribution is 5.73. The van der Waals surface area contributed by atoms with Crippen LogP contribution in [-0.4, -0.2) is 14.7 Å². The Morgan fingerprint density at radius 2 is 2.00 bits per heavy atom. The van der Waals surface area contributed by atoms with Crippen LogP contribution in [0.4, 0.5) is 0 Å². The lowest BCUT2D eigenvalue weighted by Gasteiger charge is -2.12. The van der Waals surface area contributed by atoms with Gasteiger partial charge in [0.1, 0.15) is 0 Å². The van der Waals surface area contributed by atoms with Crippen molar-refractivity contribution in [1.29, 1.82) is 5.26 Å². The molecule has 1 heterocycles. The molecule has 0 unspecified atom stereocenters. The van der Waals surface area contributed by atoms with Crippen LogP contribution in [0.15, 0.2) is 55.0 Å². The van der Waals surface area contributed by atoms with Crippen LogP contribution in [-0.2, 0) is 13.2 Å². The minimum Gasteiger partial charge on any atom is -0.390 e. The summed E-state index contributed by atoms with van der Waals surface area (Å²) < 4.78 is 1.91. The van der Waals surface area contributed by atoms with Gasteiger partial charge in [-0.3, -0.25) is 0 Å². The normalized spacial score (nSPS) is 10.5. The third-order valence-electron chi connectivity index (χ3n) is 3.95. The molecule has 0 spiro atoms. The molecule has 3 aromatic rings. The van der Waals surface area contributed by atoms with Crippen molar-refractivity contribution in [3.63, 3.8) is 0 Å². The molecule has 0 saturated heterocycles. The van der Waals surface area contributed by atoms with E-state index in [4.69, 9.17) is 0 Å². The fraction of sp³-hybridized carbons (Fsp3) is 0.158. The molecule has 0 saturated carbocycles. The average Bonchev–Trinajstić information content (AvgIpc) is 3.02. The summed E-state index contributed by atoms with van der Waals surface area (Å²) in [6.07, 6.45) is 3.36. The highest BCUT2D eigenvalue weighted by Gasteiger charge is 2.09. The Balaban J connectivity index is 2.04. The van der Waals surface area contributed by atoms with E-state index in [0.29, 0.717) is 12.1 Å². The molecule has 2 aromatic carbocycles. The van der Waals surface area contributed by atoms with Crippen LogP contribution >= 0.6 is 0 Å². The number of hydrogen-bond donors (Lipinski definition) is 1. The summed E-state index contributed by atoms with van der Waals surface area (Å²) in [5.74, 6) is 0. The molecule has 1 N–H and O–H groups in total. The maximum absolute atomic E-state index is 9.40. The summed E-state index contributed by atoms with van der Waals surface area (Å²) in [7, 11) is 0. The van der Waals surface area contributed by atoms with Crippen molar-refractivity contribution in [3.05, 3.63) is 77.4 Å². The van der Waals surface area contributed by atoms with E-state index in [1.807, 2.05) is 54.0 Å². The number of aliphatic hydroxyl groups is 1. The topological polar surface area (TPSA) is 61.8 Å². The molecule has 0 aliphatic rings. The van der Waals surface area contributed by atoms with Crippen molar-refractivity contribution in [1.82, 2.24) is 9.55 Å². The third-order valence-corrected chi connectivity index (χ3v) is 3.95. The zero-order chi connectivity index (χ0) is 16.2. The summed E-state index contributed by atoms with van der Waals surface area (Å²) in [6, 6.07) is 16.2. The molecule has 1 aromatic heterocycles. The van der Waals surface area contributed by atoms with Crippen LogP contribution in [0.3, 0.4) is 0 Å². The average molecular weight is 303 g/mol. The van der Waals surface area contributed by atoms with E-state index in [2.05, 4.69) is 11.1 Å². The molecule has 0 amide bonds. The monoisotopic (exact) mass is 303 g/mol. The van der Waals surface area contributed by atoms with Crippen LogP contribution in [0.25, 0.3) is 11.1 Å². The van der Waals surface area contributed by atoms with Crippen molar-refractivity contribution >= 4 is 0 Å². The van der Waals surface area contributed by atoms with Crippen LogP contribution in [0.1, 0.15) is 22.4 Å². The summed E-state index contributed by atoms with van der Waals surface area (Å²) >= 11 is 0. The second-order valence-corrected chi connectivity index (χ2v) is 5.48. The first kappa shape index (κ1) is 15.0. The predicted molar refractivity (Wildman–Crippen MR) is 88.6 cm³/mol. The maximum Gasteiger partial charge on any atom is 0.0998 e. The van der Waals surface area contributed by atoms with Crippen LogP contribution in [0, 0.1) is 18.3 Å². The number of nitrogens with zero attached hydrogens (tertiary/aromatic N) is 3. The summed E-state index contributed by atoms with van der Waals surface area (Å²) in [5, 5.41) is 18.7. The third kappa shape index (κ3) is 3.01. The molecule has 0 bridgehead atoms. The van der Waals surface area contributed by atoms with Gasteiger partial charge in [-0.1, -0.05) is 30.3 Å². The first-order valence-electron chi connectivity index (χ1n) is 7.42. The molecule has 0 fully saturated rings. The van der Waals surface area contributed by atoms with Crippen molar-refractivity contribution < 1.29 is 5.11 Å². The van der Waals surface area contributed by atoms with Crippen molar-refractivity contribution in [3.8, 4) is 17.2 Å². The Labute approximate surface area is 135 Å². The Bertz CT molecular complexity index is 874. The van der Waals surface area contributed by atoms with E-state index in [-0.39, 0.29) is 6.61 Å². The quantitative estimate of drug-likeness (QED) is 0.804. The van der Waals surface area contributed by atoms with E-state index < -0.39 is 0 Å². The molecule has 0 radical (unpaired) electrons. The number of nitriles is 1. The van der Waals surface area contributed by atoms with Crippen LogP contribution in [0.5, 0.6) is 0 Å². The van der Waals surface area contributed by atoms with Crippen molar-refractivity contribution in [2.24, 2.45) is 0 Å². The van der Waals surface area contributed by atoms with Crippen molar-refractivity contribution in [2.75, 3.05) is 0 Å². The fourth-order valence-corrected chi connectivity index (χ4v) is 2.70. The smallest absolute Gasteiger partial charge is 0.0998 e. The maximum atomic E-state index is 9.40. The lowest BCUT2D eigenvalue weighted by molar-refractivity contribution is 0.271. The number of rotatable bonds is 4. The number of benzene rings is 2. The van der Waals surface area contributed by atoms with Gasteiger partial charge < -0.3 is 9.67 Å². The molecule has 0 aliphatic carbocycles. The number of imidazole rings is 1. The van der Waals surface area contributed by atoms with Gasteiger partial charge >= 0.3 is 0 Å². The molecular weight excluding hydrogens is 286 g/mol. The summed E-state index contributed by atoms with van der Waals surface area (Å²) in [4.78, 5) is 4.07. The molecule has 0 atom stereocenters. The zero-order valence-electron chi connectivity index (χ0n) is 12.9. The van der Waals surface area contributed by atoms with Gasteiger partial charge in [0.05, 0.1) is 36.5 Å². The highest BCUT2D eigenvalue weighted by Crippen LogP contribution is 2.28. The van der Waals surface area contributed by atoms with Crippen molar-refractivity contribution in [2.45, 2.75) is 20.1 Å². The first-order chi connectivity index (χ1) is 11.2. The molecule has 23 heavy (non-hydrogen) atoms. The van der Waals surface area contributed by atoms with Gasteiger partial charge in [0.2, 0.25) is 0 Å². The minimum absolute atomic E-state index is 0.0407. The van der Waals surface area contributed by atoms with Gasteiger partial charge in [-0.05, 0) is 35.7 Å². The number of aryl methyl sites for hydroxylation is 1. The van der Waals surface area contributed by atoms with Gasteiger partial charge in [-0.25, -0.2) is 4.98 Å². The first-order valence-corrected chi connectivity index (χ1v) is 7.42. The number of aliphatic hydroxyl groups excluding tert-OH is 1. The molecule has 4 nitrogen and oxygen atoms in total. The van der Waals surface area contributed by atoms with E-state index in [9.17, 15) is 10.4 Å². The molecule has 0 aliphatic heterocycles. The Hall–Kier alpha value is -2.90. The van der Waals surface area contributed by atoms with Gasteiger partial charge in [0, 0.05) is 12.1 Å². The van der Waals surface area contributed by atoms with E-state index in [0.717, 1.165) is 27.9 Å². The fourth-order valence-electron chi connectivity index (χ4n) is 2.70. The molecule has 4 heteroatoms. The van der Waals surface area contributed by atoms with Gasteiger partial charge in [-0.15, -0.1) is 0 Å². The van der Waals surface area contributed by atoms with E-state index in [1.165, 1.54) is 0 Å². The van der Waals surface area contributed by atoms with Gasteiger partial charge in [-0.2, -0.15) is 5.26 Å². The second kappa shape index (κ2) is 6.47. The molecule has 114 valence electrons. The second-order valence-electron chi connectivity index (χ2n) is 5.48. The lowest BCUT2D eigenvalue weighted by Crippen LogP contribution is -2.03. The van der Waals surface area contributed by atoms with Crippen LogP contribution in [0.2, 0.25) is 0 Å². The summed E-state index contributed by atoms with van der Waals surface area (Å²) in [5.41, 5.74) is 5.64. The van der Waals surface area contributed by atoms with Gasteiger partial charge in [0.15, 0.2) is 0 Å². The van der Waals surface area contributed by atoms with E-state index in [1.54, 1.807) is 12.5 Å². The SMILES string of the molecule is Cc1ccccc1-c1cc(Cn2cncc2CO)ccc1C#N. The zero-order valence-corrected chi connectivity index (χ0v) is 12.9. The predicted octanol–water partition coefficient (Wildman–Crippen LogP) is 3.27. The number of hydrogen-bond acceptors (Lipinski definition) is 3. The molecule has 3 rings (SSSR count). The summed E-state index contributed by atoms with van der Waals surface area (Å²) in [6.45, 7) is 2.62. The Morgan fingerprint density at radius 3 is 2.74 bits per heavy atom. The number of aromatic nitrogens is 2. The van der Waals surface area contributed by atoms with Gasteiger partial charge in [0.25, 0.3) is 0 Å². The minimum atomic E-state index is -0.0407.